The molecule has 0 fully saturated rings. The lowest BCUT2D eigenvalue weighted by Gasteiger charge is -2.10. The van der Waals surface area contributed by atoms with Gasteiger partial charge in [0.05, 0.1) is 24.3 Å². The van der Waals surface area contributed by atoms with Crippen LogP contribution in [0.5, 0.6) is 0 Å². The summed E-state index contributed by atoms with van der Waals surface area (Å²) in [6.07, 6.45) is 0. The van der Waals surface area contributed by atoms with Crippen molar-refractivity contribution in [3.63, 3.8) is 0 Å². The monoisotopic (exact) mass is 318 g/mol. The molecule has 20 heavy (non-hydrogen) atoms. The van der Waals surface area contributed by atoms with Crippen molar-refractivity contribution in [2.45, 2.75) is 9.79 Å². The fourth-order valence-corrected chi connectivity index (χ4v) is 1.91. The molecule has 0 bridgehead atoms. The minimum absolute atomic E-state index is 0.130. The van der Waals surface area contributed by atoms with Gasteiger partial charge in [-0.2, -0.15) is 0 Å². The van der Waals surface area contributed by atoms with Crippen LogP contribution in [0.25, 0.3) is 0 Å². The summed E-state index contributed by atoms with van der Waals surface area (Å²) in [5, 5.41) is 17.2. The molecule has 0 amide bonds. The molecule has 0 unspecified atom stereocenters. The standard InChI is InChI=1S/C12H14O6S2/c13-1-3-17-11(15)7-5-10(20)8(6-9(7)19)12(16)18-4-2-14/h5-6,13-14,19-20H,1-4H2. The van der Waals surface area contributed by atoms with Gasteiger partial charge in [-0.3, -0.25) is 0 Å². The first-order chi connectivity index (χ1) is 9.51. The maximum atomic E-state index is 11.7. The summed E-state index contributed by atoms with van der Waals surface area (Å²) in [5.41, 5.74) is 0.260. The zero-order valence-corrected chi connectivity index (χ0v) is 12.2. The Kier molecular flexibility index (Phi) is 6.86. The van der Waals surface area contributed by atoms with Crippen LogP contribution in [0.3, 0.4) is 0 Å². The summed E-state index contributed by atoms with van der Waals surface area (Å²) < 4.78 is 9.51. The number of carbonyl (C=O) groups is 2. The average Bonchev–Trinajstić information content (AvgIpc) is 2.44. The van der Waals surface area contributed by atoms with Crippen molar-refractivity contribution in [2.75, 3.05) is 26.4 Å². The number of thiol groups is 2. The van der Waals surface area contributed by atoms with Gasteiger partial charge in [0.1, 0.15) is 13.2 Å². The first-order valence-electron chi connectivity index (χ1n) is 5.63. The van der Waals surface area contributed by atoms with Crippen LogP contribution >= 0.6 is 25.3 Å². The van der Waals surface area contributed by atoms with Crippen molar-refractivity contribution in [1.82, 2.24) is 0 Å². The van der Waals surface area contributed by atoms with Gasteiger partial charge in [-0.15, -0.1) is 25.3 Å². The molecule has 0 heterocycles. The SMILES string of the molecule is O=C(OCCO)c1cc(S)c(C(=O)OCCO)cc1S. The lowest BCUT2D eigenvalue weighted by molar-refractivity contribution is 0.0415. The van der Waals surface area contributed by atoms with Crippen molar-refractivity contribution in [1.29, 1.82) is 0 Å². The van der Waals surface area contributed by atoms with E-state index in [0.717, 1.165) is 0 Å². The van der Waals surface area contributed by atoms with Crippen LogP contribution in [-0.2, 0) is 9.47 Å². The molecule has 0 aliphatic rings. The zero-order chi connectivity index (χ0) is 15.1. The van der Waals surface area contributed by atoms with Crippen molar-refractivity contribution in [2.24, 2.45) is 0 Å². The molecule has 110 valence electrons. The highest BCUT2D eigenvalue weighted by molar-refractivity contribution is 7.80. The molecular formula is C12H14O6S2. The summed E-state index contributed by atoms with van der Waals surface area (Å²) in [7, 11) is 0. The van der Waals surface area contributed by atoms with Crippen molar-refractivity contribution in [3.8, 4) is 0 Å². The number of aliphatic hydroxyl groups is 2. The quantitative estimate of drug-likeness (QED) is 0.452. The number of esters is 2. The topological polar surface area (TPSA) is 93.1 Å². The minimum atomic E-state index is -0.672. The van der Waals surface area contributed by atoms with Crippen molar-refractivity contribution < 1.29 is 29.3 Å². The average molecular weight is 318 g/mol. The highest BCUT2D eigenvalue weighted by Crippen LogP contribution is 2.24. The molecule has 0 saturated heterocycles. The van der Waals surface area contributed by atoms with Gasteiger partial charge in [0, 0.05) is 9.79 Å². The summed E-state index contributed by atoms with van der Waals surface area (Å²) in [6.45, 7) is -0.831. The van der Waals surface area contributed by atoms with E-state index in [4.69, 9.17) is 19.7 Å². The Hall–Kier alpha value is -1.22. The van der Waals surface area contributed by atoms with Gasteiger partial charge in [0.25, 0.3) is 0 Å². The van der Waals surface area contributed by atoms with Crippen molar-refractivity contribution >= 4 is 37.2 Å². The van der Waals surface area contributed by atoms with E-state index < -0.39 is 11.9 Å². The summed E-state index contributed by atoms with van der Waals surface area (Å²) in [4.78, 5) is 23.8. The zero-order valence-electron chi connectivity index (χ0n) is 10.4. The van der Waals surface area contributed by atoms with E-state index in [1.165, 1.54) is 12.1 Å². The molecule has 2 N–H and O–H groups in total. The molecule has 0 spiro atoms. The number of ether oxygens (including phenoxy) is 2. The number of rotatable bonds is 6. The third kappa shape index (κ3) is 4.41. The maximum Gasteiger partial charge on any atom is 0.339 e. The lowest BCUT2D eigenvalue weighted by Crippen LogP contribution is -2.13. The Labute approximate surface area is 126 Å². The van der Waals surface area contributed by atoms with Crippen LogP contribution in [-0.4, -0.2) is 48.6 Å². The van der Waals surface area contributed by atoms with Crippen LogP contribution < -0.4 is 0 Å². The molecule has 1 aromatic rings. The summed E-state index contributed by atoms with van der Waals surface area (Å²) in [6, 6.07) is 2.67. The molecule has 0 aliphatic heterocycles. The van der Waals surface area contributed by atoms with E-state index in [0.29, 0.717) is 0 Å². The summed E-state index contributed by atoms with van der Waals surface area (Å²) >= 11 is 8.22. The third-order valence-electron chi connectivity index (χ3n) is 2.20. The minimum Gasteiger partial charge on any atom is -0.460 e. The van der Waals surface area contributed by atoms with Gasteiger partial charge in [0.15, 0.2) is 0 Å². The molecule has 1 aromatic carbocycles. The van der Waals surface area contributed by atoms with Gasteiger partial charge in [0.2, 0.25) is 0 Å². The second kappa shape index (κ2) is 8.15. The number of aliphatic hydroxyl groups excluding tert-OH is 2. The first-order valence-corrected chi connectivity index (χ1v) is 6.52. The van der Waals surface area contributed by atoms with E-state index in [9.17, 15) is 9.59 Å². The van der Waals surface area contributed by atoms with Gasteiger partial charge in [-0.1, -0.05) is 0 Å². The highest BCUT2D eigenvalue weighted by Gasteiger charge is 2.18. The second-order valence-corrected chi connectivity index (χ2v) is 4.57. The molecule has 0 aliphatic carbocycles. The van der Waals surface area contributed by atoms with Crippen LogP contribution in [0.15, 0.2) is 21.9 Å². The fraction of sp³-hybridized carbons (Fsp3) is 0.333. The normalized spacial score (nSPS) is 10.2. The van der Waals surface area contributed by atoms with E-state index in [1.54, 1.807) is 0 Å². The van der Waals surface area contributed by atoms with Crippen LogP contribution in [0, 0.1) is 0 Å². The molecule has 0 aromatic heterocycles. The van der Waals surface area contributed by atoms with Gasteiger partial charge < -0.3 is 19.7 Å². The Morgan fingerprint density at radius 1 is 0.900 bits per heavy atom. The van der Waals surface area contributed by atoms with Gasteiger partial charge in [-0.05, 0) is 12.1 Å². The molecule has 6 nitrogen and oxygen atoms in total. The largest absolute Gasteiger partial charge is 0.460 e. The summed E-state index contributed by atoms with van der Waals surface area (Å²) in [5.74, 6) is -1.34. The third-order valence-corrected chi connectivity index (χ3v) is 2.94. The fourth-order valence-electron chi connectivity index (χ4n) is 1.34. The number of hydrogen-bond acceptors (Lipinski definition) is 8. The first kappa shape index (κ1) is 16.8. The molecule has 1 rings (SSSR count). The maximum absolute atomic E-state index is 11.7. The lowest BCUT2D eigenvalue weighted by atomic mass is 10.1. The Balaban J connectivity index is 2.96. The molecule has 0 radical (unpaired) electrons. The predicted molar refractivity (Wildman–Crippen MR) is 75.7 cm³/mol. The molecule has 0 saturated carbocycles. The van der Waals surface area contributed by atoms with Crippen molar-refractivity contribution in [3.05, 3.63) is 23.3 Å². The molecule has 0 atom stereocenters. The second-order valence-electron chi connectivity index (χ2n) is 3.61. The predicted octanol–water partition coefficient (Wildman–Crippen LogP) is 0.562. The van der Waals surface area contributed by atoms with Gasteiger partial charge in [-0.25, -0.2) is 9.59 Å². The smallest absolute Gasteiger partial charge is 0.339 e. The number of benzene rings is 1. The van der Waals surface area contributed by atoms with E-state index in [1.807, 2.05) is 0 Å². The molecular weight excluding hydrogens is 304 g/mol. The number of carbonyl (C=O) groups excluding carboxylic acids is 2. The van der Waals surface area contributed by atoms with Crippen LogP contribution in [0.1, 0.15) is 20.7 Å². The Bertz CT molecular complexity index is 457. The highest BCUT2D eigenvalue weighted by atomic mass is 32.1. The van der Waals surface area contributed by atoms with E-state index >= 15 is 0 Å². The Morgan fingerprint density at radius 3 is 1.55 bits per heavy atom. The van der Waals surface area contributed by atoms with Crippen LogP contribution in [0.4, 0.5) is 0 Å². The Morgan fingerprint density at radius 2 is 1.25 bits per heavy atom. The molecule has 8 heteroatoms. The van der Waals surface area contributed by atoms with Crippen LogP contribution in [0.2, 0.25) is 0 Å². The van der Waals surface area contributed by atoms with E-state index in [-0.39, 0.29) is 47.3 Å². The van der Waals surface area contributed by atoms with E-state index in [2.05, 4.69) is 25.3 Å². The number of hydrogen-bond donors (Lipinski definition) is 4. The van der Waals surface area contributed by atoms with Gasteiger partial charge >= 0.3 is 11.9 Å².